The lowest BCUT2D eigenvalue weighted by Crippen LogP contribution is -2.42. The number of benzene rings is 1. The predicted molar refractivity (Wildman–Crippen MR) is 84.1 cm³/mol. The van der Waals surface area contributed by atoms with Gasteiger partial charge in [0.2, 0.25) is 0 Å². The number of amides is 1. The lowest BCUT2D eigenvalue weighted by atomic mass is 9.99. The fourth-order valence-electron chi connectivity index (χ4n) is 2.71. The number of piperidine rings is 1. The van der Waals surface area contributed by atoms with E-state index >= 15 is 0 Å². The summed E-state index contributed by atoms with van der Waals surface area (Å²) in [5, 5.41) is 8.83. The van der Waals surface area contributed by atoms with E-state index < -0.39 is 0 Å². The molecule has 1 atom stereocenters. The zero-order valence-corrected chi connectivity index (χ0v) is 12.9. The molecule has 0 spiro atoms. The maximum absolute atomic E-state index is 12.8. The van der Waals surface area contributed by atoms with Crippen LogP contribution >= 0.6 is 0 Å². The van der Waals surface area contributed by atoms with Crippen LogP contribution in [-0.4, -0.2) is 35.1 Å². The quantitative estimate of drug-likeness (QED) is 0.849. The molecule has 0 radical (unpaired) electrons. The lowest BCUT2D eigenvalue weighted by molar-refractivity contribution is 0.0635. The number of hydrogen-bond acceptors (Lipinski definition) is 2. The smallest absolute Gasteiger partial charge is 0.255 e. The molecule has 1 heterocycles. The van der Waals surface area contributed by atoms with Crippen LogP contribution in [0.3, 0.4) is 0 Å². The molecule has 1 saturated heterocycles. The molecule has 112 valence electrons. The third kappa shape index (κ3) is 3.86. The van der Waals surface area contributed by atoms with E-state index in [9.17, 15) is 4.79 Å². The lowest BCUT2D eigenvalue weighted by Gasteiger charge is -2.33. The molecule has 21 heavy (non-hydrogen) atoms. The fraction of sp³-hybridized carbons (Fsp3) is 0.500. The Morgan fingerprint density at radius 2 is 2.24 bits per heavy atom. The predicted octanol–water partition coefficient (Wildman–Crippen LogP) is 2.74. The molecule has 0 saturated carbocycles. The minimum atomic E-state index is 0.0469. The van der Waals surface area contributed by atoms with Crippen molar-refractivity contribution in [1.82, 2.24) is 4.90 Å². The summed E-state index contributed by atoms with van der Waals surface area (Å²) in [6, 6.07) is 6.10. The monoisotopic (exact) mass is 285 g/mol. The van der Waals surface area contributed by atoms with Gasteiger partial charge in [-0.3, -0.25) is 4.79 Å². The summed E-state index contributed by atoms with van der Waals surface area (Å²) in [4.78, 5) is 14.8. The average Bonchev–Trinajstić information content (AvgIpc) is 2.49. The van der Waals surface area contributed by atoms with Crippen molar-refractivity contribution in [3.8, 4) is 11.8 Å². The number of carbonyl (C=O) groups is 1. The highest BCUT2D eigenvalue weighted by Crippen LogP contribution is 2.21. The van der Waals surface area contributed by atoms with Crippen LogP contribution < -0.4 is 0 Å². The van der Waals surface area contributed by atoms with E-state index in [1.807, 2.05) is 30.0 Å². The molecule has 1 aliphatic rings. The summed E-state index contributed by atoms with van der Waals surface area (Å²) in [5.41, 5.74) is 2.52. The minimum Gasteiger partial charge on any atom is -0.395 e. The summed E-state index contributed by atoms with van der Waals surface area (Å²) in [5.74, 6) is 6.01. The van der Waals surface area contributed by atoms with Crippen LogP contribution in [0.5, 0.6) is 0 Å². The molecule has 2 rings (SSSR count). The molecule has 1 amide bonds. The van der Waals surface area contributed by atoms with Crippen LogP contribution in [0.1, 0.15) is 54.1 Å². The normalized spacial score (nSPS) is 18.0. The van der Waals surface area contributed by atoms with Crippen LogP contribution in [-0.2, 0) is 0 Å². The molecule has 3 heteroatoms. The number of likely N-dealkylation sites (tertiary alicyclic amines) is 1. The van der Waals surface area contributed by atoms with E-state index in [0.717, 1.165) is 30.5 Å². The van der Waals surface area contributed by atoms with Gasteiger partial charge in [-0.05, 0) is 45.2 Å². The van der Waals surface area contributed by atoms with Crippen LogP contribution in [0, 0.1) is 18.8 Å². The Hall–Kier alpha value is -1.79. The topological polar surface area (TPSA) is 40.5 Å². The molecule has 1 aromatic rings. The number of aliphatic hydroxyl groups excluding tert-OH is 1. The SMILES string of the molecule is Cc1ccc(C#CCCO)c(C(=O)N2CCCCC2C)c1. The number of nitrogens with zero attached hydrogens (tertiary/aromatic N) is 1. The van der Waals surface area contributed by atoms with E-state index in [0.29, 0.717) is 18.0 Å². The Balaban J connectivity index is 2.30. The molecule has 1 aliphatic heterocycles. The largest absolute Gasteiger partial charge is 0.395 e. The molecular weight excluding hydrogens is 262 g/mol. The third-order valence-electron chi connectivity index (χ3n) is 3.93. The van der Waals surface area contributed by atoms with Gasteiger partial charge in [0.25, 0.3) is 5.91 Å². The first-order valence-electron chi connectivity index (χ1n) is 7.65. The van der Waals surface area contributed by atoms with Crippen molar-refractivity contribution in [3.05, 3.63) is 34.9 Å². The molecule has 0 aliphatic carbocycles. The summed E-state index contributed by atoms with van der Waals surface area (Å²) in [6.07, 6.45) is 3.78. The van der Waals surface area contributed by atoms with Crippen LogP contribution in [0.25, 0.3) is 0 Å². The van der Waals surface area contributed by atoms with Gasteiger partial charge in [-0.25, -0.2) is 0 Å². The highest BCUT2D eigenvalue weighted by molar-refractivity contribution is 5.97. The van der Waals surface area contributed by atoms with Gasteiger partial charge in [0.15, 0.2) is 0 Å². The standard InChI is InChI=1S/C18H23NO2/c1-14-9-10-16(8-4-6-12-20)17(13-14)18(21)19-11-5-3-7-15(19)2/h9-10,13,15,20H,3,5-7,11-12H2,1-2H3. The van der Waals surface area contributed by atoms with Gasteiger partial charge >= 0.3 is 0 Å². The zero-order chi connectivity index (χ0) is 15.2. The Kier molecular flexibility index (Phi) is 5.41. The molecule has 0 aromatic heterocycles. The van der Waals surface area contributed by atoms with Crippen molar-refractivity contribution in [3.63, 3.8) is 0 Å². The second-order valence-corrected chi connectivity index (χ2v) is 5.67. The molecule has 1 fully saturated rings. The highest BCUT2D eigenvalue weighted by atomic mass is 16.2. The van der Waals surface area contributed by atoms with Crippen molar-refractivity contribution in [1.29, 1.82) is 0 Å². The first kappa shape index (κ1) is 15.6. The van der Waals surface area contributed by atoms with Gasteiger partial charge in [-0.15, -0.1) is 0 Å². The summed E-state index contributed by atoms with van der Waals surface area (Å²) in [7, 11) is 0. The molecule has 1 aromatic carbocycles. The fourth-order valence-corrected chi connectivity index (χ4v) is 2.71. The first-order valence-corrected chi connectivity index (χ1v) is 7.65. The highest BCUT2D eigenvalue weighted by Gasteiger charge is 2.25. The maximum atomic E-state index is 12.8. The van der Waals surface area contributed by atoms with Crippen LogP contribution in [0.15, 0.2) is 18.2 Å². The van der Waals surface area contributed by atoms with E-state index in [1.54, 1.807) is 0 Å². The summed E-state index contributed by atoms with van der Waals surface area (Å²) < 4.78 is 0. The van der Waals surface area contributed by atoms with E-state index in [4.69, 9.17) is 5.11 Å². The van der Waals surface area contributed by atoms with E-state index in [2.05, 4.69) is 18.8 Å². The maximum Gasteiger partial charge on any atom is 0.255 e. The zero-order valence-electron chi connectivity index (χ0n) is 12.9. The molecule has 1 unspecified atom stereocenters. The molecule has 0 bridgehead atoms. The van der Waals surface area contributed by atoms with Gasteiger partial charge in [0.05, 0.1) is 12.2 Å². The molecule has 3 nitrogen and oxygen atoms in total. The summed E-state index contributed by atoms with van der Waals surface area (Å²) in [6.45, 7) is 4.98. The number of carbonyl (C=O) groups excluding carboxylic acids is 1. The van der Waals surface area contributed by atoms with E-state index in [1.165, 1.54) is 6.42 Å². The van der Waals surface area contributed by atoms with Crippen molar-refractivity contribution in [2.75, 3.05) is 13.2 Å². The minimum absolute atomic E-state index is 0.0469. The first-order chi connectivity index (χ1) is 10.1. The second-order valence-electron chi connectivity index (χ2n) is 5.67. The van der Waals surface area contributed by atoms with Gasteiger partial charge in [0.1, 0.15) is 0 Å². The number of aliphatic hydroxyl groups is 1. The average molecular weight is 285 g/mol. The number of aryl methyl sites for hydroxylation is 1. The molecule has 1 N–H and O–H groups in total. The van der Waals surface area contributed by atoms with E-state index in [-0.39, 0.29) is 12.5 Å². The van der Waals surface area contributed by atoms with Crippen molar-refractivity contribution in [2.45, 2.75) is 45.6 Å². The van der Waals surface area contributed by atoms with Gasteiger partial charge in [-0.2, -0.15) is 0 Å². The summed E-state index contributed by atoms with van der Waals surface area (Å²) >= 11 is 0. The van der Waals surface area contributed by atoms with Crippen molar-refractivity contribution < 1.29 is 9.90 Å². The van der Waals surface area contributed by atoms with Gasteiger partial charge in [0, 0.05) is 24.6 Å². The van der Waals surface area contributed by atoms with Gasteiger partial charge < -0.3 is 10.0 Å². The second kappa shape index (κ2) is 7.28. The Labute approximate surface area is 127 Å². The van der Waals surface area contributed by atoms with Crippen molar-refractivity contribution in [2.24, 2.45) is 0 Å². The Morgan fingerprint density at radius 3 is 2.95 bits per heavy atom. The Bertz CT molecular complexity index is 568. The Morgan fingerprint density at radius 1 is 1.43 bits per heavy atom. The molecular formula is C18H23NO2. The van der Waals surface area contributed by atoms with Crippen molar-refractivity contribution >= 4 is 5.91 Å². The number of hydrogen-bond donors (Lipinski definition) is 1. The van der Waals surface area contributed by atoms with Crippen LogP contribution in [0.4, 0.5) is 0 Å². The number of rotatable bonds is 2. The third-order valence-corrected chi connectivity index (χ3v) is 3.93. The van der Waals surface area contributed by atoms with Gasteiger partial charge in [-0.1, -0.05) is 23.5 Å². The van der Waals surface area contributed by atoms with Crippen LogP contribution in [0.2, 0.25) is 0 Å².